The van der Waals surface area contributed by atoms with E-state index in [4.69, 9.17) is 4.74 Å². The first-order valence-corrected chi connectivity index (χ1v) is 7.68. The fraction of sp³-hybridized carbons (Fsp3) is 0.600. The highest BCUT2D eigenvalue weighted by Crippen LogP contribution is 2.22. The van der Waals surface area contributed by atoms with Crippen molar-refractivity contribution in [3.05, 3.63) is 34.1 Å². The summed E-state index contributed by atoms with van der Waals surface area (Å²) in [6, 6.07) is 4.59. The fourth-order valence-corrected chi connectivity index (χ4v) is 2.97. The molecule has 0 saturated carbocycles. The van der Waals surface area contributed by atoms with Gasteiger partial charge >= 0.3 is 0 Å². The molecule has 0 aliphatic carbocycles. The standard InChI is InChI=1S/C15H20BrFO2/c16-15-10-12(17)5-4-11(15)9-13(18)6-7-14-3-1-2-8-19-14/h4-5,10,13-14,18H,1-3,6-9H2. The number of hydrogen-bond donors (Lipinski definition) is 1. The van der Waals surface area contributed by atoms with Gasteiger partial charge < -0.3 is 9.84 Å². The molecule has 1 aliphatic heterocycles. The van der Waals surface area contributed by atoms with Crippen molar-refractivity contribution in [2.75, 3.05) is 6.61 Å². The zero-order valence-corrected chi connectivity index (χ0v) is 12.5. The van der Waals surface area contributed by atoms with E-state index in [-0.39, 0.29) is 5.82 Å². The van der Waals surface area contributed by atoms with Crippen LogP contribution in [0, 0.1) is 5.82 Å². The van der Waals surface area contributed by atoms with Crippen LogP contribution in [0.15, 0.2) is 22.7 Å². The van der Waals surface area contributed by atoms with Crippen molar-refractivity contribution >= 4 is 15.9 Å². The Kier molecular flexibility index (Phi) is 5.79. The number of rotatable bonds is 5. The number of aliphatic hydroxyl groups is 1. The largest absolute Gasteiger partial charge is 0.393 e. The lowest BCUT2D eigenvalue weighted by atomic mass is 9.99. The van der Waals surface area contributed by atoms with Crippen LogP contribution in [0.4, 0.5) is 4.39 Å². The van der Waals surface area contributed by atoms with Crippen molar-refractivity contribution in [3.63, 3.8) is 0 Å². The van der Waals surface area contributed by atoms with Gasteiger partial charge in [0.25, 0.3) is 0 Å². The van der Waals surface area contributed by atoms with E-state index in [1.807, 2.05) is 0 Å². The molecule has 4 heteroatoms. The zero-order valence-electron chi connectivity index (χ0n) is 10.9. The maximum absolute atomic E-state index is 13.0. The Hall–Kier alpha value is -0.450. The number of ether oxygens (including phenoxy) is 1. The molecule has 0 radical (unpaired) electrons. The van der Waals surface area contributed by atoms with Gasteiger partial charge in [-0.25, -0.2) is 4.39 Å². The molecule has 1 aromatic rings. The first-order valence-electron chi connectivity index (χ1n) is 6.89. The molecule has 1 fully saturated rings. The highest BCUT2D eigenvalue weighted by molar-refractivity contribution is 9.10. The highest BCUT2D eigenvalue weighted by atomic mass is 79.9. The van der Waals surface area contributed by atoms with Gasteiger partial charge in [0, 0.05) is 11.1 Å². The quantitative estimate of drug-likeness (QED) is 0.888. The molecule has 1 aromatic carbocycles. The second kappa shape index (κ2) is 7.36. The summed E-state index contributed by atoms with van der Waals surface area (Å²) in [6.45, 7) is 0.851. The number of hydrogen-bond acceptors (Lipinski definition) is 2. The third-order valence-electron chi connectivity index (χ3n) is 3.57. The van der Waals surface area contributed by atoms with Crippen LogP contribution in [0.3, 0.4) is 0 Å². The smallest absolute Gasteiger partial charge is 0.124 e. The van der Waals surface area contributed by atoms with Gasteiger partial charge in [-0.3, -0.25) is 0 Å². The summed E-state index contributed by atoms with van der Waals surface area (Å²) >= 11 is 3.33. The van der Waals surface area contributed by atoms with Crippen LogP contribution < -0.4 is 0 Å². The SMILES string of the molecule is OC(CCC1CCCCO1)Cc1ccc(F)cc1Br. The topological polar surface area (TPSA) is 29.5 Å². The fourth-order valence-electron chi connectivity index (χ4n) is 2.46. The molecule has 19 heavy (non-hydrogen) atoms. The molecular formula is C15H20BrFO2. The van der Waals surface area contributed by atoms with Gasteiger partial charge in [-0.15, -0.1) is 0 Å². The third kappa shape index (κ3) is 4.86. The first kappa shape index (κ1) is 14.9. The van der Waals surface area contributed by atoms with Gasteiger partial charge in [0.05, 0.1) is 12.2 Å². The summed E-state index contributed by atoms with van der Waals surface area (Å²) in [7, 11) is 0. The molecule has 1 heterocycles. The molecule has 0 amide bonds. The van der Waals surface area contributed by atoms with Gasteiger partial charge in [0.15, 0.2) is 0 Å². The Labute approximate surface area is 122 Å². The lowest BCUT2D eigenvalue weighted by molar-refractivity contribution is 0.00233. The zero-order chi connectivity index (χ0) is 13.7. The van der Waals surface area contributed by atoms with Crippen LogP contribution >= 0.6 is 15.9 Å². The maximum Gasteiger partial charge on any atom is 0.124 e. The van der Waals surface area contributed by atoms with E-state index in [1.165, 1.54) is 18.6 Å². The van der Waals surface area contributed by atoms with Gasteiger partial charge in [-0.2, -0.15) is 0 Å². The van der Waals surface area contributed by atoms with Crippen LogP contribution in [0.5, 0.6) is 0 Å². The van der Waals surface area contributed by atoms with Crippen LogP contribution in [0.1, 0.15) is 37.7 Å². The molecule has 2 rings (SSSR count). The molecule has 1 N–H and O–H groups in total. The molecule has 0 spiro atoms. The number of aliphatic hydroxyl groups excluding tert-OH is 1. The Bertz CT molecular complexity index is 405. The minimum Gasteiger partial charge on any atom is -0.393 e. The predicted octanol–water partition coefficient (Wildman–Crippen LogP) is 3.84. The normalized spacial score (nSPS) is 21.3. The summed E-state index contributed by atoms with van der Waals surface area (Å²) in [5, 5.41) is 10.1. The van der Waals surface area contributed by atoms with Gasteiger partial charge in [-0.1, -0.05) is 22.0 Å². The van der Waals surface area contributed by atoms with Crippen molar-refractivity contribution in [1.29, 1.82) is 0 Å². The van der Waals surface area contributed by atoms with E-state index >= 15 is 0 Å². The molecule has 2 atom stereocenters. The summed E-state index contributed by atoms with van der Waals surface area (Å²) in [4.78, 5) is 0. The van der Waals surface area contributed by atoms with E-state index in [2.05, 4.69) is 15.9 Å². The lowest BCUT2D eigenvalue weighted by Crippen LogP contribution is -2.21. The molecule has 2 unspecified atom stereocenters. The van der Waals surface area contributed by atoms with Crippen molar-refractivity contribution in [1.82, 2.24) is 0 Å². The average molecular weight is 331 g/mol. The molecule has 2 nitrogen and oxygen atoms in total. The third-order valence-corrected chi connectivity index (χ3v) is 4.30. The molecule has 106 valence electrons. The molecule has 1 saturated heterocycles. The number of benzene rings is 1. The van der Waals surface area contributed by atoms with Crippen LogP contribution in [-0.4, -0.2) is 23.9 Å². The van der Waals surface area contributed by atoms with Crippen LogP contribution in [0.2, 0.25) is 0 Å². The molecule has 1 aliphatic rings. The summed E-state index contributed by atoms with van der Waals surface area (Å²) in [5.74, 6) is -0.263. The van der Waals surface area contributed by atoms with E-state index in [1.54, 1.807) is 6.07 Å². The number of halogens is 2. The van der Waals surface area contributed by atoms with Crippen molar-refractivity contribution < 1.29 is 14.2 Å². The average Bonchev–Trinajstić information content (AvgIpc) is 2.41. The van der Waals surface area contributed by atoms with E-state index in [0.717, 1.165) is 42.3 Å². The predicted molar refractivity (Wildman–Crippen MR) is 76.6 cm³/mol. The first-order chi connectivity index (χ1) is 9.15. The second-order valence-corrected chi connectivity index (χ2v) is 6.01. The molecule has 0 aromatic heterocycles. The van der Waals surface area contributed by atoms with E-state index in [9.17, 15) is 9.50 Å². The van der Waals surface area contributed by atoms with Crippen LogP contribution in [-0.2, 0) is 11.2 Å². The van der Waals surface area contributed by atoms with Gasteiger partial charge in [-0.05, 0) is 56.2 Å². The summed E-state index contributed by atoms with van der Waals surface area (Å²) in [5.41, 5.74) is 0.943. The maximum atomic E-state index is 13.0. The monoisotopic (exact) mass is 330 g/mol. The van der Waals surface area contributed by atoms with Crippen molar-refractivity contribution in [2.24, 2.45) is 0 Å². The Morgan fingerprint density at radius 3 is 2.95 bits per heavy atom. The summed E-state index contributed by atoms with van der Waals surface area (Å²) in [6.07, 6.45) is 5.58. The molecular weight excluding hydrogens is 311 g/mol. The Morgan fingerprint density at radius 2 is 2.26 bits per heavy atom. The minimum atomic E-state index is -0.396. The summed E-state index contributed by atoms with van der Waals surface area (Å²) < 4.78 is 19.3. The van der Waals surface area contributed by atoms with E-state index < -0.39 is 6.10 Å². The van der Waals surface area contributed by atoms with Crippen molar-refractivity contribution in [2.45, 2.75) is 50.7 Å². The Morgan fingerprint density at radius 1 is 1.42 bits per heavy atom. The Balaban J connectivity index is 1.78. The molecule has 0 bridgehead atoms. The van der Waals surface area contributed by atoms with Crippen molar-refractivity contribution in [3.8, 4) is 0 Å². The minimum absolute atomic E-state index is 0.263. The van der Waals surface area contributed by atoms with Crippen LogP contribution in [0.25, 0.3) is 0 Å². The van der Waals surface area contributed by atoms with Gasteiger partial charge in [0.1, 0.15) is 5.82 Å². The van der Waals surface area contributed by atoms with E-state index in [0.29, 0.717) is 12.5 Å². The van der Waals surface area contributed by atoms with Gasteiger partial charge in [0.2, 0.25) is 0 Å². The lowest BCUT2D eigenvalue weighted by Gasteiger charge is -2.23. The highest BCUT2D eigenvalue weighted by Gasteiger charge is 2.16. The second-order valence-electron chi connectivity index (χ2n) is 5.16.